The molecule has 4 nitrogen and oxygen atoms in total. The molecule has 3 fully saturated rings. The Morgan fingerprint density at radius 1 is 1.29 bits per heavy atom. The first-order valence-corrected chi connectivity index (χ1v) is 9.22. The van der Waals surface area contributed by atoms with Crippen molar-refractivity contribution in [3.05, 3.63) is 35.4 Å². The van der Waals surface area contributed by atoms with Crippen molar-refractivity contribution in [3.8, 4) is 11.5 Å². The predicted octanol–water partition coefficient (Wildman–Crippen LogP) is 1.98. The molecule has 1 aromatic carbocycles. The molecule has 0 aromatic heterocycles. The van der Waals surface area contributed by atoms with Crippen LogP contribution in [0.3, 0.4) is 0 Å². The third-order valence-corrected chi connectivity index (χ3v) is 7.28. The van der Waals surface area contributed by atoms with Crippen LogP contribution in [0.25, 0.3) is 0 Å². The Hall–Kier alpha value is -1.52. The number of fused-ring (bicyclic) bond motifs is 1. The van der Waals surface area contributed by atoms with E-state index in [4.69, 9.17) is 4.74 Å². The highest BCUT2D eigenvalue weighted by Crippen LogP contribution is 2.65. The maximum Gasteiger partial charge on any atom is 0.166 e. The van der Waals surface area contributed by atoms with E-state index in [1.54, 1.807) is 6.07 Å². The van der Waals surface area contributed by atoms with Gasteiger partial charge >= 0.3 is 0 Å². The number of aromatic hydroxyl groups is 1. The summed E-state index contributed by atoms with van der Waals surface area (Å²) in [4.78, 5) is 2.54. The highest BCUT2D eigenvalue weighted by atomic mass is 16.5. The number of nitrogens with zero attached hydrogens (tertiary/aromatic N) is 1. The Bertz CT molecular complexity index is 770. The highest BCUT2D eigenvalue weighted by Gasteiger charge is 2.70. The summed E-state index contributed by atoms with van der Waals surface area (Å²) >= 11 is 0. The Kier molecular flexibility index (Phi) is 2.39. The lowest BCUT2D eigenvalue weighted by Crippen LogP contribution is -2.68. The topological polar surface area (TPSA) is 52.9 Å². The van der Waals surface area contributed by atoms with Crippen molar-refractivity contribution >= 4 is 0 Å². The average Bonchev–Trinajstić information content (AvgIpc) is 3.21. The zero-order valence-corrected chi connectivity index (χ0v) is 13.7. The Balaban J connectivity index is 1.57. The van der Waals surface area contributed by atoms with Crippen LogP contribution in [-0.2, 0) is 11.8 Å². The van der Waals surface area contributed by atoms with Crippen molar-refractivity contribution in [1.82, 2.24) is 4.90 Å². The molecular weight excluding hydrogens is 302 g/mol. The van der Waals surface area contributed by atoms with Gasteiger partial charge in [0.05, 0.1) is 11.5 Å². The molecule has 4 heteroatoms. The second-order valence-electron chi connectivity index (χ2n) is 8.55. The third-order valence-electron chi connectivity index (χ3n) is 7.28. The van der Waals surface area contributed by atoms with Crippen molar-refractivity contribution in [3.63, 3.8) is 0 Å². The molecular formula is C20H23NO3. The van der Waals surface area contributed by atoms with Gasteiger partial charge in [-0.15, -0.1) is 0 Å². The van der Waals surface area contributed by atoms with E-state index in [9.17, 15) is 10.2 Å². The van der Waals surface area contributed by atoms with Gasteiger partial charge in [0.1, 0.15) is 6.10 Å². The molecule has 1 spiro atoms. The molecule has 5 aliphatic rings. The van der Waals surface area contributed by atoms with E-state index < -0.39 is 6.10 Å². The molecule has 126 valence electrons. The van der Waals surface area contributed by atoms with Gasteiger partial charge in [0.15, 0.2) is 11.5 Å². The molecule has 2 bridgehead atoms. The van der Waals surface area contributed by atoms with E-state index in [1.165, 1.54) is 18.4 Å². The Morgan fingerprint density at radius 3 is 2.92 bits per heavy atom. The smallest absolute Gasteiger partial charge is 0.166 e. The lowest BCUT2D eigenvalue weighted by molar-refractivity contribution is -0.0941. The van der Waals surface area contributed by atoms with E-state index in [0.717, 1.165) is 43.0 Å². The van der Waals surface area contributed by atoms with Crippen LogP contribution in [0.4, 0.5) is 0 Å². The Morgan fingerprint density at radius 2 is 2.12 bits per heavy atom. The van der Waals surface area contributed by atoms with Gasteiger partial charge in [0.2, 0.25) is 0 Å². The number of rotatable bonds is 2. The summed E-state index contributed by atoms with van der Waals surface area (Å²) in [6, 6.07) is 3.96. The molecule has 24 heavy (non-hydrogen) atoms. The summed E-state index contributed by atoms with van der Waals surface area (Å²) in [6.07, 6.45) is 3.84. The quantitative estimate of drug-likeness (QED) is 0.817. The maximum absolute atomic E-state index is 11.5. The number of piperidine rings is 1. The second kappa shape index (κ2) is 4.17. The fourth-order valence-electron chi connectivity index (χ4n) is 6.16. The van der Waals surface area contributed by atoms with Crippen molar-refractivity contribution in [1.29, 1.82) is 0 Å². The molecule has 1 aromatic rings. The van der Waals surface area contributed by atoms with Gasteiger partial charge < -0.3 is 14.9 Å². The van der Waals surface area contributed by atoms with Crippen molar-refractivity contribution in [2.24, 2.45) is 11.8 Å². The molecule has 2 saturated carbocycles. The SMILES string of the molecule is C=C1CC2CN(CC3CC3)C3Cc4ccc(O)c5c4C2(C3O)[C@H]1O5. The van der Waals surface area contributed by atoms with Crippen molar-refractivity contribution in [2.75, 3.05) is 13.1 Å². The standard InChI is InChI=1S/C20H23NO3/c1-10-6-13-9-21(8-11-2-3-11)14-7-12-4-5-15(22)17-16(12)20(13,18(14)23)19(10)24-17/h4-5,11,13-14,18-19,22-23H,1-3,6-9H2/t13?,14?,18?,19-,20?/m0/s1. The number of likely N-dealkylation sites (tertiary alicyclic amines) is 1. The molecule has 1 saturated heterocycles. The minimum Gasteiger partial charge on any atom is -0.504 e. The normalized spacial score (nSPS) is 42.1. The molecule has 2 N–H and O–H groups in total. The van der Waals surface area contributed by atoms with Gasteiger partial charge in [0, 0.05) is 24.7 Å². The number of hydrogen-bond donors (Lipinski definition) is 2. The van der Waals surface area contributed by atoms with E-state index in [0.29, 0.717) is 11.7 Å². The molecule has 6 rings (SSSR count). The fourth-order valence-corrected chi connectivity index (χ4v) is 6.16. The first-order chi connectivity index (χ1) is 11.6. The van der Waals surface area contributed by atoms with Crippen LogP contribution in [0.5, 0.6) is 11.5 Å². The first kappa shape index (κ1) is 13.7. The van der Waals surface area contributed by atoms with Crippen molar-refractivity contribution in [2.45, 2.75) is 49.3 Å². The number of phenolic OH excluding ortho intramolecular Hbond substituents is 1. The van der Waals surface area contributed by atoms with Gasteiger partial charge in [-0.25, -0.2) is 0 Å². The molecule has 2 aliphatic heterocycles. The lowest BCUT2D eigenvalue weighted by Gasteiger charge is -2.55. The maximum atomic E-state index is 11.5. The van der Waals surface area contributed by atoms with Crippen LogP contribution < -0.4 is 4.74 Å². The van der Waals surface area contributed by atoms with Crippen LogP contribution in [0.15, 0.2) is 24.3 Å². The highest BCUT2D eigenvalue weighted by molar-refractivity contribution is 5.63. The first-order valence-electron chi connectivity index (χ1n) is 9.22. The summed E-state index contributed by atoms with van der Waals surface area (Å²) in [5, 5.41) is 21.8. The number of ether oxygens (including phenoxy) is 1. The molecule has 0 radical (unpaired) electrons. The molecule has 3 aliphatic carbocycles. The molecule has 5 atom stereocenters. The van der Waals surface area contributed by atoms with E-state index in [-0.39, 0.29) is 23.3 Å². The van der Waals surface area contributed by atoms with Crippen LogP contribution in [0.1, 0.15) is 30.4 Å². The van der Waals surface area contributed by atoms with Crippen LogP contribution in [0, 0.1) is 11.8 Å². The number of benzene rings is 1. The fraction of sp³-hybridized carbons (Fsp3) is 0.600. The average molecular weight is 325 g/mol. The van der Waals surface area contributed by atoms with Gasteiger partial charge in [-0.3, -0.25) is 4.90 Å². The monoisotopic (exact) mass is 325 g/mol. The second-order valence-corrected chi connectivity index (χ2v) is 8.55. The lowest BCUT2D eigenvalue weighted by atomic mass is 9.58. The number of aliphatic hydroxyl groups excluding tert-OH is 1. The molecule has 0 amide bonds. The summed E-state index contributed by atoms with van der Waals surface area (Å²) in [5.74, 6) is 1.97. The van der Waals surface area contributed by atoms with Crippen LogP contribution in [0.2, 0.25) is 0 Å². The predicted molar refractivity (Wildman–Crippen MR) is 89.2 cm³/mol. The minimum absolute atomic E-state index is 0.168. The number of hydrogen-bond acceptors (Lipinski definition) is 4. The number of aliphatic hydroxyl groups is 1. The van der Waals surface area contributed by atoms with Crippen LogP contribution >= 0.6 is 0 Å². The van der Waals surface area contributed by atoms with Gasteiger partial charge in [-0.1, -0.05) is 12.6 Å². The van der Waals surface area contributed by atoms with E-state index >= 15 is 0 Å². The number of phenols is 1. The van der Waals surface area contributed by atoms with E-state index in [2.05, 4.69) is 11.5 Å². The van der Waals surface area contributed by atoms with Gasteiger partial charge in [-0.05, 0) is 54.7 Å². The summed E-state index contributed by atoms with van der Waals surface area (Å²) in [5.41, 5.74) is 3.03. The Labute approximate surface area is 141 Å². The van der Waals surface area contributed by atoms with Crippen molar-refractivity contribution < 1.29 is 14.9 Å². The summed E-state index contributed by atoms with van der Waals surface area (Å²) < 4.78 is 6.21. The minimum atomic E-state index is -0.435. The molecule has 4 unspecified atom stereocenters. The zero-order chi connectivity index (χ0) is 16.2. The zero-order valence-electron chi connectivity index (χ0n) is 13.7. The third kappa shape index (κ3) is 1.40. The van der Waals surface area contributed by atoms with E-state index in [1.807, 2.05) is 6.07 Å². The largest absolute Gasteiger partial charge is 0.504 e. The van der Waals surface area contributed by atoms with Gasteiger partial charge in [0.25, 0.3) is 0 Å². The molecule has 2 heterocycles. The summed E-state index contributed by atoms with van der Waals surface area (Å²) in [6.45, 7) is 6.41. The van der Waals surface area contributed by atoms with Gasteiger partial charge in [-0.2, -0.15) is 0 Å². The summed E-state index contributed by atoms with van der Waals surface area (Å²) in [7, 11) is 0. The van der Waals surface area contributed by atoms with Crippen LogP contribution in [-0.4, -0.2) is 46.5 Å².